The normalized spacial score (nSPS) is 13.3. The average Bonchev–Trinajstić information content (AvgIpc) is 2.60. The molecular formula is C14H26BrN3. The smallest absolute Gasteiger partial charge is 0.0738 e. The van der Waals surface area contributed by atoms with Gasteiger partial charge in [-0.1, -0.05) is 20.8 Å². The van der Waals surface area contributed by atoms with E-state index in [1.807, 2.05) is 0 Å². The fourth-order valence-corrected chi connectivity index (χ4v) is 2.82. The van der Waals surface area contributed by atoms with E-state index in [-0.39, 0.29) is 0 Å². The quantitative estimate of drug-likeness (QED) is 0.834. The van der Waals surface area contributed by atoms with E-state index in [1.54, 1.807) is 0 Å². The molecule has 1 aromatic rings. The van der Waals surface area contributed by atoms with Gasteiger partial charge in [0.05, 0.1) is 15.9 Å². The van der Waals surface area contributed by atoms with Gasteiger partial charge in [0.1, 0.15) is 0 Å². The number of rotatable bonds is 7. The first-order valence-corrected chi connectivity index (χ1v) is 7.75. The van der Waals surface area contributed by atoms with Crippen molar-refractivity contribution in [3.63, 3.8) is 0 Å². The predicted molar refractivity (Wildman–Crippen MR) is 81.0 cm³/mol. The second-order valence-electron chi connectivity index (χ2n) is 5.11. The molecule has 0 bridgehead atoms. The molecule has 104 valence electrons. The molecule has 1 unspecified atom stereocenters. The van der Waals surface area contributed by atoms with Gasteiger partial charge in [0.2, 0.25) is 0 Å². The van der Waals surface area contributed by atoms with Gasteiger partial charge in [-0.15, -0.1) is 0 Å². The third-order valence-corrected chi connectivity index (χ3v) is 4.45. The molecule has 0 saturated heterocycles. The van der Waals surface area contributed by atoms with E-state index in [0.717, 1.165) is 31.6 Å². The summed E-state index contributed by atoms with van der Waals surface area (Å²) in [6.45, 7) is 12.9. The predicted octanol–water partition coefficient (Wildman–Crippen LogP) is 3.54. The largest absolute Gasteiger partial charge is 0.314 e. The Morgan fingerprint density at radius 2 is 2.00 bits per heavy atom. The van der Waals surface area contributed by atoms with E-state index >= 15 is 0 Å². The highest BCUT2D eigenvalue weighted by Gasteiger charge is 2.16. The van der Waals surface area contributed by atoms with Crippen LogP contribution in [0.15, 0.2) is 4.47 Å². The summed E-state index contributed by atoms with van der Waals surface area (Å²) in [4.78, 5) is 0. The van der Waals surface area contributed by atoms with Crippen molar-refractivity contribution in [1.29, 1.82) is 0 Å². The zero-order valence-electron chi connectivity index (χ0n) is 12.3. The zero-order chi connectivity index (χ0) is 13.7. The Morgan fingerprint density at radius 3 is 2.50 bits per heavy atom. The molecule has 3 nitrogen and oxygen atoms in total. The van der Waals surface area contributed by atoms with E-state index in [9.17, 15) is 0 Å². The van der Waals surface area contributed by atoms with Crippen molar-refractivity contribution in [2.45, 2.75) is 60.0 Å². The van der Waals surface area contributed by atoms with Crippen LogP contribution in [0.25, 0.3) is 0 Å². The Labute approximate surface area is 119 Å². The van der Waals surface area contributed by atoms with Gasteiger partial charge in [-0.25, -0.2) is 0 Å². The lowest BCUT2D eigenvalue weighted by molar-refractivity contribution is 0.381. The Hall–Kier alpha value is -0.350. The van der Waals surface area contributed by atoms with Gasteiger partial charge in [0.15, 0.2) is 0 Å². The third-order valence-electron chi connectivity index (χ3n) is 3.42. The van der Waals surface area contributed by atoms with Crippen molar-refractivity contribution in [3.05, 3.63) is 15.9 Å². The van der Waals surface area contributed by atoms with Crippen molar-refractivity contribution in [2.24, 2.45) is 5.92 Å². The molecule has 1 atom stereocenters. The summed E-state index contributed by atoms with van der Waals surface area (Å²) in [5.74, 6) is 0.669. The minimum Gasteiger partial charge on any atom is -0.314 e. The molecule has 0 aliphatic rings. The van der Waals surface area contributed by atoms with Crippen LogP contribution in [0.5, 0.6) is 0 Å². The molecule has 1 rings (SSSR count). The average molecular weight is 316 g/mol. The van der Waals surface area contributed by atoms with Gasteiger partial charge in [-0.05, 0) is 55.1 Å². The fraction of sp³-hybridized carbons (Fsp3) is 0.786. The van der Waals surface area contributed by atoms with Gasteiger partial charge < -0.3 is 5.32 Å². The van der Waals surface area contributed by atoms with Gasteiger partial charge in [0, 0.05) is 12.6 Å². The molecule has 0 aliphatic carbocycles. The summed E-state index contributed by atoms with van der Waals surface area (Å²) >= 11 is 3.66. The molecule has 0 aromatic carbocycles. The van der Waals surface area contributed by atoms with Crippen LogP contribution in [0.2, 0.25) is 0 Å². The Bertz CT molecular complexity index is 371. The summed E-state index contributed by atoms with van der Waals surface area (Å²) in [7, 11) is 0. The van der Waals surface area contributed by atoms with Crippen LogP contribution in [-0.2, 0) is 13.0 Å². The van der Waals surface area contributed by atoms with Crippen LogP contribution in [0.4, 0.5) is 0 Å². The maximum Gasteiger partial charge on any atom is 0.0738 e. The molecule has 1 aromatic heterocycles. The number of aromatic nitrogens is 2. The molecule has 0 aliphatic heterocycles. The lowest BCUT2D eigenvalue weighted by Crippen LogP contribution is -2.34. The molecule has 0 radical (unpaired) electrons. The number of nitrogens with one attached hydrogen (secondary N) is 1. The molecule has 0 fully saturated rings. The van der Waals surface area contributed by atoms with Crippen LogP contribution in [0, 0.1) is 12.8 Å². The van der Waals surface area contributed by atoms with Gasteiger partial charge in [-0.3, -0.25) is 4.68 Å². The highest BCUT2D eigenvalue weighted by atomic mass is 79.9. The number of hydrogen-bond acceptors (Lipinski definition) is 2. The van der Waals surface area contributed by atoms with E-state index in [2.05, 4.69) is 65.6 Å². The van der Waals surface area contributed by atoms with Crippen molar-refractivity contribution >= 4 is 15.9 Å². The van der Waals surface area contributed by atoms with Crippen molar-refractivity contribution < 1.29 is 0 Å². The Morgan fingerprint density at radius 1 is 1.33 bits per heavy atom. The van der Waals surface area contributed by atoms with Crippen LogP contribution in [-0.4, -0.2) is 22.4 Å². The second-order valence-corrected chi connectivity index (χ2v) is 5.90. The Balaban J connectivity index is 2.72. The second kappa shape index (κ2) is 7.29. The minimum absolute atomic E-state index is 0.586. The Kier molecular flexibility index (Phi) is 6.36. The van der Waals surface area contributed by atoms with E-state index in [0.29, 0.717) is 12.0 Å². The highest BCUT2D eigenvalue weighted by Crippen LogP contribution is 2.23. The van der Waals surface area contributed by atoms with Crippen molar-refractivity contribution in [1.82, 2.24) is 15.1 Å². The van der Waals surface area contributed by atoms with Gasteiger partial charge in [0.25, 0.3) is 0 Å². The minimum atomic E-state index is 0.586. The maximum atomic E-state index is 4.55. The first kappa shape index (κ1) is 15.7. The third kappa shape index (κ3) is 3.82. The number of halogens is 1. The first-order chi connectivity index (χ1) is 8.51. The van der Waals surface area contributed by atoms with E-state index < -0.39 is 0 Å². The molecule has 0 saturated carbocycles. The molecular weight excluding hydrogens is 290 g/mol. The summed E-state index contributed by atoms with van der Waals surface area (Å²) in [6.07, 6.45) is 2.24. The summed E-state index contributed by atoms with van der Waals surface area (Å²) in [5, 5.41) is 8.12. The number of nitrogens with zero attached hydrogens (tertiary/aromatic N) is 2. The fourth-order valence-electron chi connectivity index (χ4n) is 2.33. The molecule has 4 heteroatoms. The first-order valence-electron chi connectivity index (χ1n) is 6.96. The summed E-state index contributed by atoms with van der Waals surface area (Å²) < 4.78 is 3.30. The summed E-state index contributed by atoms with van der Waals surface area (Å²) in [5.41, 5.74) is 2.43. The van der Waals surface area contributed by atoms with Crippen LogP contribution in [0.3, 0.4) is 0 Å². The SMILES string of the molecule is CCNC(CCc1c(Br)c(C)nn1CC)C(C)C. The molecule has 0 amide bonds. The lowest BCUT2D eigenvalue weighted by Gasteiger charge is -2.21. The topological polar surface area (TPSA) is 29.9 Å². The molecule has 1 heterocycles. The standard InChI is InChI=1S/C14H26BrN3/c1-6-16-12(10(3)4)8-9-13-14(15)11(5)17-18(13)7-2/h10,12,16H,6-9H2,1-5H3. The van der Waals surface area contributed by atoms with Crippen molar-refractivity contribution in [2.75, 3.05) is 6.54 Å². The lowest BCUT2D eigenvalue weighted by atomic mass is 9.98. The maximum absolute atomic E-state index is 4.55. The van der Waals surface area contributed by atoms with Crippen LogP contribution in [0.1, 0.15) is 45.5 Å². The van der Waals surface area contributed by atoms with Crippen molar-refractivity contribution in [3.8, 4) is 0 Å². The molecule has 0 spiro atoms. The van der Waals surface area contributed by atoms with Gasteiger partial charge in [-0.2, -0.15) is 5.10 Å². The molecule has 1 N–H and O–H groups in total. The van der Waals surface area contributed by atoms with E-state index in [4.69, 9.17) is 0 Å². The highest BCUT2D eigenvalue weighted by molar-refractivity contribution is 9.10. The van der Waals surface area contributed by atoms with Crippen LogP contribution >= 0.6 is 15.9 Å². The number of aryl methyl sites for hydroxylation is 2. The molecule has 18 heavy (non-hydrogen) atoms. The van der Waals surface area contributed by atoms with E-state index in [1.165, 1.54) is 10.2 Å². The number of hydrogen-bond donors (Lipinski definition) is 1. The van der Waals surface area contributed by atoms with Gasteiger partial charge >= 0.3 is 0 Å². The zero-order valence-corrected chi connectivity index (χ0v) is 13.8. The summed E-state index contributed by atoms with van der Waals surface area (Å²) in [6, 6.07) is 0.586. The van der Waals surface area contributed by atoms with Crippen LogP contribution < -0.4 is 5.32 Å². The monoisotopic (exact) mass is 315 g/mol.